The van der Waals surface area contributed by atoms with Crippen molar-refractivity contribution in [3.05, 3.63) is 40.1 Å². The van der Waals surface area contributed by atoms with Crippen molar-refractivity contribution in [2.24, 2.45) is 0 Å². The van der Waals surface area contributed by atoms with Gasteiger partial charge in [-0.15, -0.1) is 0 Å². The Morgan fingerprint density at radius 2 is 2.16 bits per heavy atom. The number of carbonyl (C=O) groups is 1. The van der Waals surface area contributed by atoms with Gasteiger partial charge in [-0.05, 0) is 44.5 Å². The van der Waals surface area contributed by atoms with Gasteiger partial charge in [-0.2, -0.15) is 0 Å². The molecule has 0 bridgehead atoms. The molecular formula is C14H17BrFNO2. The fourth-order valence-electron chi connectivity index (χ4n) is 1.28. The second-order valence-electron chi connectivity index (χ2n) is 4.95. The van der Waals surface area contributed by atoms with Crippen molar-refractivity contribution in [1.29, 1.82) is 0 Å². The number of carbonyl (C=O) groups excluding carboxylic acids is 1. The van der Waals surface area contributed by atoms with Crippen LogP contribution in [0.5, 0.6) is 0 Å². The van der Waals surface area contributed by atoms with Gasteiger partial charge in [0.2, 0.25) is 0 Å². The monoisotopic (exact) mass is 329 g/mol. The summed E-state index contributed by atoms with van der Waals surface area (Å²) < 4.78 is 18.9. The molecule has 0 saturated carbocycles. The molecule has 19 heavy (non-hydrogen) atoms. The zero-order chi connectivity index (χ0) is 14.5. The molecule has 0 unspecified atom stereocenters. The van der Waals surface area contributed by atoms with Gasteiger partial charge in [0.25, 0.3) is 0 Å². The molecule has 0 saturated heterocycles. The molecule has 0 aromatic heterocycles. The highest BCUT2D eigenvalue weighted by Crippen LogP contribution is 2.18. The van der Waals surface area contributed by atoms with Gasteiger partial charge < -0.3 is 10.1 Å². The molecule has 3 nitrogen and oxygen atoms in total. The number of halogens is 2. The van der Waals surface area contributed by atoms with Crippen molar-refractivity contribution < 1.29 is 13.9 Å². The minimum absolute atomic E-state index is 0.303. The van der Waals surface area contributed by atoms with Crippen molar-refractivity contribution in [1.82, 2.24) is 5.32 Å². The standard InChI is InChI=1S/C14H17BrFNO2/c1-14(2,3)19-13(18)17-8-4-5-10-9-11(16)6-7-12(10)15/h4-7,9H,8H2,1-3H3,(H,17,18). The molecular weight excluding hydrogens is 313 g/mol. The fourth-order valence-corrected chi connectivity index (χ4v) is 1.66. The normalized spacial score (nSPS) is 11.6. The summed E-state index contributed by atoms with van der Waals surface area (Å²) in [6.45, 7) is 5.71. The maximum absolute atomic E-state index is 13.0. The molecule has 1 aromatic carbocycles. The molecule has 0 aliphatic carbocycles. The third-order valence-electron chi connectivity index (χ3n) is 2.02. The first kappa shape index (κ1) is 15.7. The molecule has 0 spiro atoms. The smallest absolute Gasteiger partial charge is 0.407 e. The lowest BCUT2D eigenvalue weighted by molar-refractivity contribution is 0.0534. The summed E-state index contributed by atoms with van der Waals surface area (Å²) in [6.07, 6.45) is 2.98. The Kier molecular flexibility index (Phi) is 5.54. The second kappa shape index (κ2) is 6.70. The van der Waals surface area contributed by atoms with Crippen molar-refractivity contribution >= 4 is 28.1 Å². The first-order valence-corrected chi connectivity index (χ1v) is 6.66. The Morgan fingerprint density at radius 3 is 2.79 bits per heavy atom. The van der Waals surface area contributed by atoms with Gasteiger partial charge in [-0.25, -0.2) is 9.18 Å². The average Bonchev–Trinajstić information content (AvgIpc) is 2.26. The zero-order valence-electron chi connectivity index (χ0n) is 11.2. The predicted molar refractivity (Wildman–Crippen MR) is 77.4 cm³/mol. The van der Waals surface area contributed by atoms with Gasteiger partial charge in [0.1, 0.15) is 11.4 Å². The first-order valence-electron chi connectivity index (χ1n) is 5.86. The highest BCUT2D eigenvalue weighted by atomic mass is 79.9. The largest absolute Gasteiger partial charge is 0.444 e. The van der Waals surface area contributed by atoms with E-state index in [4.69, 9.17) is 4.74 Å². The van der Waals surface area contributed by atoms with Crippen LogP contribution in [0.3, 0.4) is 0 Å². The Bertz CT molecular complexity index is 481. The Morgan fingerprint density at radius 1 is 1.47 bits per heavy atom. The lowest BCUT2D eigenvalue weighted by Gasteiger charge is -2.19. The lowest BCUT2D eigenvalue weighted by Crippen LogP contribution is -2.32. The first-order chi connectivity index (χ1) is 8.78. The maximum atomic E-state index is 13.0. The van der Waals surface area contributed by atoms with Crippen LogP contribution in [-0.2, 0) is 4.74 Å². The van der Waals surface area contributed by atoms with E-state index in [1.165, 1.54) is 12.1 Å². The molecule has 104 valence electrons. The quantitative estimate of drug-likeness (QED) is 0.905. The number of amides is 1. The average molecular weight is 330 g/mol. The summed E-state index contributed by atoms with van der Waals surface area (Å²) in [7, 11) is 0. The SMILES string of the molecule is CC(C)(C)OC(=O)NCC=Cc1cc(F)ccc1Br. The molecule has 0 atom stereocenters. The highest BCUT2D eigenvalue weighted by Gasteiger charge is 2.14. The van der Waals surface area contributed by atoms with E-state index in [9.17, 15) is 9.18 Å². The van der Waals surface area contributed by atoms with Crippen LogP contribution in [-0.4, -0.2) is 18.2 Å². The Hall–Kier alpha value is -1.36. The van der Waals surface area contributed by atoms with Crippen molar-refractivity contribution in [2.45, 2.75) is 26.4 Å². The number of hydrogen-bond acceptors (Lipinski definition) is 2. The van der Waals surface area contributed by atoms with Crippen molar-refractivity contribution in [2.75, 3.05) is 6.54 Å². The summed E-state index contributed by atoms with van der Waals surface area (Å²) in [6, 6.07) is 4.42. The van der Waals surface area contributed by atoms with Crippen LogP contribution in [0.4, 0.5) is 9.18 Å². The van der Waals surface area contributed by atoms with E-state index < -0.39 is 11.7 Å². The van der Waals surface area contributed by atoms with E-state index >= 15 is 0 Å². The Balaban J connectivity index is 2.47. The molecule has 1 amide bonds. The third kappa shape index (κ3) is 6.38. The van der Waals surface area contributed by atoms with Gasteiger partial charge >= 0.3 is 6.09 Å². The summed E-state index contributed by atoms with van der Waals surface area (Å²) in [5.74, 6) is -0.303. The van der Waals surface area contributed by atoms with Gasteiger partial charge in [0.05, 0.1) is 0 Å². The lowest BCUT2D eigenvalue weighted by atomic mass is 10.2. The van der Waals surface area contributed by atoms with E-state index in [0.29, 0.717) is 12.1 Å². The number of alkyl carbamates (subject to hydrolysis) is 1. The van der Waals surface area contributed by atoms with E-state index in [2.05, 4.69) is 21.2 Å². The van der Waals surface area contributed by atoms with Crippen LogP contribution in [0.15, 0.2) is 28.7 Å². The minimum Gasteiger partial charge on any atom is -0.444 e. The van der Waals surface area contributed by atoms with Crippen LogP contribution in [0, 0.1) is 5.82 Å². The molecule has 0 fully saturated rings. The molecule has 0 heterocycles. The van der Waals surface area contributed by atoms with Crippen LogP contribution in [0.1, 0.15) is 26.3 Å². The van der Waals surface area contributed by atoms with E-state index in [0.717, 1.165) is 4.47 Å². The van der Waals surface area contributed by atoms with Gasteiger partial charge in [-0.1, -0.05) is 28.1 Å². The number of benzene rings is 1. The van der Waals surface area contributed by atoms with Crippen LogP contribution in [0.25, 0.3) is 6.08 Å². The summed E-state index contributed by atoms with van der Waals surface area (Å²) in [4.78, 5) is 11.4. The van der Waals surface area contributed by atoms with E-state index in [1.807, 2.05) is 0 Å². The third-order valence-corrected chi connectivity index (χ3v) is 2.74. The zero-order valence-corrected chi connectivity index (χ0v) is 12.8. The molecule has 1 rings (SSSR count). The topological polar surface area (TPSA) is 38.3 Å². The molecule has 0 aliphatic rings. The predicted octanol–water partition coefficient (Wildman–Crippen LogP) is 4.13. The van der Waals surface area contributed by atoms with Crippen LogP contribution < -0.4 is 5.32 Å². The number of hydrogen-bond donors (Lipinski definition) is 1. The molecule has 5 heteroatoms. The molecule has 0 radical (unpaired) electrons. The summed E-state index contributed by atoms with van der Waals surface area (Å²) in [5, 5.41) is 2.59. The second-order valence-corrected chi connectivity index (χ2v) is 5.81. The van der Waals surface area contributed by atoms with Gasteiger partial charge in [0.15, 0.2) is 0 Å². The van der Waals surface area contributed by atoms with Gasteiger partial charge in [0, 0.05) is 11.0 Å². The summed E-state index contributed by atoms with van der Waals surface area (Å²) >= 11 is 3.32. The summed E-state index contributed by atoms with van der Waals surface area (Å²) in [5.41, 5.74) is 0.199. The van der Waals surface area contributed by atoms with Crippen molar-refractivity contribution in [3.8, 4) is 0 Å². The molecule has 1 N–H and O–H groups in total. The molecule has 0 aliphatic heterocycles. The van der Waals surface area contributed by atoms with Crippen LogP contribution >= 0.6 is 15.9 Å². The highest BCUT2D eigenvalue weighted by molar-refractivity contribution is 9.10. The number of ether oxygens (including phenoxy) is 1. The number of rotatable bonds is 3. The molecule has 1 aromatic rings. The maximum Gasteiger partial charge on any atom is 0.407 e. The Labute approximate surface area is 121 Å². The van der Waals surface area contributed by atoms with Crippen LogP contribution in [0.2, 0.25) is 0 Å². The van der Waals surface area contributed by atoms with Gasteiger partial charge in [-0.3, -0.25) is 0 Å². The van der Waals surface area contributed by atoms with E-state index in [-0.39, 0.29) is 5.82 Å². The fraction of sp³-hybridized carbons (Fsp3) is 0.357. The number of nitrogens with one attached hydrogen (secondary N) is 1. The van der Waals surface area contributed by atoms with E-state index in [1.54, 1.807) is 39.0 Å². The minimum atomic E-state index is -0.514. The van der Waals surface area contributed by atoms with Crippen molar-refractivity contribution in [3.63, 3.8) is 0 Å².